The number of halogens is 1. The molecule has 1 heterocycles. The van der Waals surface area contributed by atoms with Crippen molar-refractivity contribution in [1.29, 1.82) is 15.8 Å². The maximum Gasteiger partial charge on any atom is 0.191 e. The van der Waals surface area contributed by atoms with Crippen molar-refractivity contribution < 1.29 is 0 Å². The summed E-state index contributed by atoms with van der Waals surface area (Å²) in [6, 6.07) is 24.5. The van der Waals surface area contributed by atoms with Gasteiger partial charge in [0, 0.05) is 27.7 Å². The first-order valence-electron chi connectivity index (χ1n) is 11.8. The van der Waals surface area contributed by atoms with Crippen molar-refractivity contribution in [3.05, 3.63) is 99.3 Å². The summed E-state index contributed by atoms with van der Waals surface area (Å²) in [6.45, 7) is 0.536. The molecule has 0 saturated carbocycles. The predicted octanol–water partition coefficient (Wildman–Crippen LogP) is 5.95. The average molecular weight is 535 g/mol. The van der Waals surface area contributed by atoms with Crippen LogP contribution < -0.4 is 5.73 Å². The van der Waals surface area contributed by atoms with Gasteiger partial charge in [0.25, 0.3) is 0 Å². The Bertz CT molecular complexity index is 1480. The molecule has 0 radical (unpaired) electrons. The molecule has 36 heavy (non-hydrogen) atoms. The van der Waals surface area contributed by atoms with Crippen LogP contribution in [0.2, 0.25) is 0 Å². The molecule has 2 atom stereocenters. The summed E-state index contributed by atoms with van der Waals surface area (Å²) in [5.41, 5.74) is 9.52. The van der Waals surface area contributed by atoms with Gasteiger partial charge in [0.1, 0.15) is 6.07 Å². The zero-order valence-electron chi connectivity index (χ0n) is 19.5. The van der Waals surface area contributed by atoms with E-state index in [-0.39, 0.29) is 17.2 Å². The topological polar surface area (TPSA) is 115 Å². The molecule has 2 aromatic carbocycles. The minimum absolute atomic E-state index is 0.0454. The lowest BCUT2D eigenvalue weighted by Gasteiger charge is -2.43. The number of nitriles is 3. The Morgan fingerprint density at radius 2 is 1.78 bits per heavy atom. The maximum absolute atomic E-state index is 10.4. The third kappa shape index (κ3) is 3.81. The van der Waals surface area contributed by atoms with Gasteiger partial charge in [-0.05, 0) is 48.4 Å². The van der Waals surface area contributed by atoms with Crippen molar-refractivity contribution in [3.63, 3.8) is 0 Å². The van der Waals surface area contributed by atoms with E-state index >= 15 is 0 Å². The number of fused-ring (bicyclic) bond motifs is 1. The molecule has 3 aromatic rings. The number of benzene rings is 2. The van der Waals surface area contributed by atoms with Gasteiger partial charge in [0.2, 0.25) is 0 Å². The van der Waals surface area contributed by atoms with Crippen LogP contribution in [0.4, 0.5) is 0 Å². The molecule has 0 saturated heterocycles. The molecule has 1 aromatic heterocycles. The summed E-state index contributed by atoms with van der Waals surface area (Å²) < 4.78 is 2.87. The molecule has 5 rings (SSSR count). The van der Waals surface area contributed by atoms with E-state index in [2.05, 4.69) is 40.2 Å². The molecule has 0 amide bonds. The van der Waals surface area contributed by atoms with E-state index in [4.69, 9.17) is 10.8 Å². The van der Waals surface area contributed by atoms with Crippen molar-refractivity contribution in [1.82, 2.24) is 9.78 Å². The van der Waals surface area contributed by atoms with Crippen LogP contribution in [0.25, 0.3) is 11.3 Å². The number of allylic oxidation sites excluding steroid dienone is 4. The Balaban J connectivity index is 1.74. The zero-order chi connectivity index (χ0) is 25.3. The molecule has 6 nitrogen and oxygen atoms in total. The van der Waals surface area contributed by atoms with Crippen molar-refractivity contribution in [2.24, 2.45) is 17.1 Å². The highest BCUT2D eigenvalue weighted by Crippen LogP contribution is 2.57. The number of aromatic nitrogens is 2. The van der Waals surface area contributed by atoms with Crippen molar-refractivity contribution in [2.75, 3.05) is 0 Å². The van der Waals surface area contributed by atoms with E-state index in [9.17, 15) is 15.8 Å². The van der Waals surface area contributed by atoms with Gasteiger partial charge >= 0.3 is 0 Å². The van der Waals surface area contributed by atoms with Crippen LogP contribution in [-0.2, 0) is 6.54 Å². The highest BCUT2D eigenvalue weighted by Gasteiger charge is 2.54. The standard InChI is InChI=1S/C29H23BrN6/c30-21-12-10-19(11-13-21)15-36-16-25(27(35-36)20-6-2-1-3-7-20)26-23-9-5-4-8-22(23)24(14-31)28(34)29(26,17-32)18-33/h1-3,6-8,10-13,16,23,26H,4-5,9,15,34H2/t23-,26+/m1/s1. The van der Waals surface area contributed by atoms with Crippen LogP contribution in [0.1, 0.15) is 36.3 Å². The first kappa shape index (κ1) is 23.6. The molecular formula is C29H23BrN6. The number of rotatable bonds is 4. The third-order valence-corrected chi connectivity index (χ3v) is 7.76. The maximum atomic E-state index is 10.4. The Morgan fingerprint density at radius 3 is 2.44 bits per heavy atom. The van der Waals surface area contributed by atoms with Gasteiger partial charge in [-0.1, -0.05) is 64.5 Å². The zero-order valence-corrected chi connectivity index (χ0v) is 21.1. The molecule has 176 valence electrons. The SMILES string of the molecule is N#CC1=C(N)C(C#N)(C#N)[C@H](c2cn(Cc3ccc(Br)cc3)nc2-c2ccccc2)[C@@H]2CCCC=C12. The van der Waals surface area contributed by atoms with Crippen LogP contribution >= 0.6 is 15.9 Å². The first-order valence-corrected chi connectivity index (χ1v) is 12.6. The molecule has 0 fully saturated rings. The smallest absolute Gasteiger partial charge is 0.191 e. The number of nitrogens with two attached hydrogens (primary N) is 1. The summed E-state index contributed by atoms with van der Waals surface area (Å²) in [4.78, 5) is 0. The Morgan fingerprint density at radius 1 is 1.06 bits per heavy atom. The predicted molar refractivity (Wildman–Crippen MR) is 140 cm³/mol. The van der Waals surface area contributed by atoms with Gasteiger partial charge in [0.05, 0.1) is 35.6 Å². The third-order valence-electron chi connectivity index (χ3n) is 7.23. The Labute approximate surface area is 218 Å². The Kier molecular flexibility index (Phi) is 6.23. The lowest BCUT2D eigenvalue weighted by Crippen LogP contribution is -2.42. The summed E-state index contributed by atoms with van der Waals surface area (Å²) in [7, 11) is 0. The van der Waals surface area contributed by atoms with Gasteiger partial charge in [-0.15, -0.1) is 0 Å². The van der Waals surface area contributed by atoms with Crippen LogP contribution in [0.15, 0.2) is 88.2 Å². The van der Waals surface area contributed by atoms with Crippen LogP contribution in [0, 0.1) is 45.3 Å². The highest BCUT2D eigenvalue weighted by molar-refractivity contribution is 9.10. The molecule has 7 heteroatoms. The highest BCUT2D eigenvalue weighted by atomic mass is 79.9. The van der Waals surface area contributed by atoms with E-state index in [1.165, 1.54) is 0 Å². The number of nitrogens with zero attached hydrogens (tertiary/aromatic N) is 5. The summed E-state index contributed by atoms with van der Waals surface area (Å²) in [5, 5.41) is 35.7. The summed E-state index contributed by atoms with van der Waals surface area (Å²) in [5.74, 6) is -0.724. The van der Waals surface area contributed by atoms with Crippen molar-refractivity contribution in [2.45, 2.75) is 31.7 Å². The molecule has 2 aliphatic carbocycles. The largest absolute Gasteiger partial charge is 0.399 e. The second kappa shape index (κ2) is 9.50. The number of hydrogen-bond donors (Lipinski definition) is 1. The lowest BCUT2D eigenvalue weighted by atomic mass is 9.56. The minimum Gasteiger partial charge on any atom is -0.399 e. The van der Waals surface area contributed by atoms with Gasteiger partial charge < -0.3 is 5.73 Å². The second-order valence-corrected chi connectivity index (χ2v) is 10.1. The molecule has 0 unspecified atom stereocenters. The molecule has 2 N–H and O–H groups in total. The van der Waals surface area contributed by atoms with Gasteiger partial charge in [-0.2, -0.15) is 20.9 Å². The number of hydrogen-bond acceptors (Lipinski definition) is 5. The van der Waals surface area contributed by atoms with Crippen LogP contribution in [-0.4, -0.2) is 9.78 Å². The Hall–Kier alpha value is -4.12. The van der Waals surface area contributed by atoms with E-state index in [0.29, 0.717) is 6.54 Å². The normalized spacial score (nSPS) is 20.4. The fraction of sp³-hybridized carbons (Fsp3) is 0.241. The lowest BCUT2D eigenvalue weighted by molar-refractivity contribution is 0.318. The quantitative estimate of drug-likeness (QED) is 0.443. The molecule has 0 aliphatic heterocycles. The monoisotopic (exact) mass is 534 g/mol. The van der Waals surface area contributed by atoms with Crippen molar-refractivity contribution in [3.8, 4) is 29.5 Å². The molecule has 0 spiro atoms. The minimum atomic E-state index is -1.67. The molecule has 2 aliphatic rings. The fourth-order valence-electron chi connectivity index (χ4n) is 5.56. The van der Waals surface area contributed by atoms with Gasteiger partial charge in [0.15, 0.2) is 5.41 Å². The van der Waals surface area contributed by atoms with Crippen LogP contribution in [0.5, 0.6) is 0 Å². The summed E-state index contributed by atoms with van der Waals surface area (Å²) >= 11 is 3.48. The molecule has 0 bridgehead atoms. The van der Waals surface area contributed by atoms with E-state index in [1.54, 1.807) is 0 Å². The second-order valence-electron chi connectivity index (χ2n) is 9.23. The van der Waals surface area contributed by atoms with Crippen LogP contribution in [0.3, 0.4) is 0 Å². The van der Waals surface area contributed by atoms with E-state index in [1.807, 2.05) is 65.5 Å². The fourth-order valence-corrected chi connectivity index (χ4v) is 5.82. The van der Waals surface area contributed by atoms with E-state index < -0.39 is 11.3 Å². The van der Waals surface area contributed by atoms with E-state index in [0.717, 1.165) is 51.7 Å². The summed E-state index contributed by atoms with van der Waals surface area (Å²) in [6.07, 6.45) is 6.54. The average Bonchev–Trinajstić information content (AvgIpc) is 3.33. The van der Waals surface area contributed by atoms with Crippen molar-refractivity contribution >= 4 is 15.9 Å². The molecular weight excluding hydrogens is 512 g/mol. The van der Waals surface area contributed by atoms with Gasteiger partial charge in [-0.25, -0.2) is 0 Å². The van der Waals surface area contributed by atoms with Gasteiger partial charge in [-0.3, -0.25) is 4.68 Å². The first-order chi connectivity index (χ1) is 17.5.